The van der Waals surface area contributed by atoms with Crippen molar-refractivity contribution in [1.82, 2.24) is 14.2 Å². The number of benzene rings is 1. The maximum absolute atomic E-state index is 12.3. The van der Waals surface area contributed by atoms with Gasteiger partial charge in [0.05, 0.1) is 5.75 Å². The van der Waals surface area contributed by atoms with Crippen LogP contribution in [0.4, 0.5) is 0 Å². The zero-order chi connectivity index (χ0) is 18.6. The number of piperidine rings is 1. The smallest absolute Gasteiger partial charge is 0.220 e. The number of hydrogen-bond donors (Lipinski definition) is 1. The van der Waals surface area contributed by atoms with E-state index < -0.39 is 10.0 Å². The number of para-hydroxylation sites is 1. The number of rotatable bonds is 7. The Kier molecular flexibility index (Phi) is 5.98. The average Bonchev–Trinajstić information content (AvgIpc) is 2.97. The number of carbonyl (C=O) groups excluding carboxylic acids is 1. The van der Waals surface area contributed by atoms with Crippen LogP contribution >= 0.6 is 0 Å². The molecular formula is C19H27N3O3S. The third kappa shape index (κ3) is 4.45. The number of carbonyl (C=O) groups is 1. The molecule has 0 spiro atoms. The third-order valence-electron chi connectivity index (χ3n) is 4.99. The average molecular weight is 378 g/mol. The van der Waals surface area contributed by atoms with Crippen LogP contribution in [0.1, 0.15) is 31.2 Å². The normalized spacial score (nSPS) is 16.0. The zero-order valence-electron chi connectivity index (χ0n) is 15.3. The van der Waals surface area contributed by atoms with Crippen molar-refractivity contribution in [3.63, 3.8) is 0 Å². The molecule has 1 aliphatic rings. The fourth-order valence-electron chi connectivity index (χ4n) is 3.55. The topological polar surface area (TPSA) is 71.4 Å². The summed E-state index contributed by atoms with van der Waals surface area (Å²) in [4.78, 5) is 12.1. The Balaban J connectivity index is 1.47. The largest absolute Gasteiger partial charge is 0.355 e. The Labute approximate surface area is 155 Å². The molecule has 2 heterocycles. The van der Waals surface area contributed by atoms with E-state index >= 15 is 0 Å². The highest BCUT2D eigenvalue weighted by molar-refractivity contribution is 7.89. The van der Waals surface area contributed by atoms with E-state index in [1.165, 1.54) is 0 Å². The van der Waals surface area contributed by atoms with Crippen LogP contribution < -0.4 is 5.32 Å². The molecule has 0 unspecified atom stereocenters. The Morgan fingerprint density at radius 2 is 1.88 bits per heavy atom. The van der Waals surface area contributed by atoms with Crippen LogP contribution in [0, 0.1) is 0 Å². The number of nitrogens with zero attached hydrogens (tertiary/aromatic N) is 2. The van der Waals surface area contributed by atoms with Gasteiger partial charge in [-0.3, -0.25) is 4.79 Å². The molecule has 1 N–H and O–H groups in total. The highest BCUT2D eigenvalue weighted by Gasteiger charge is 2.23. The molecule has 1 aliphatic heterocycles. The van der Waals surface area contributed by atoms with E-state index in [1.54, 1.807) is 4.31 Å². The van der Waals surface area contributed by atoms with Crippen LogP contribution in [0.5, 0.6) is 0 Å². The van der Waals surface area contributed by atoms with Crippen molar-refractivity contribution >= 4 is 26.8 Å². The molecule has 6 nitrogen and oxygen atoms in total. The summed E-state index contributed by atoms with van der Waals surface area (Å²) in [5.74, 6) is -0.126. The van der Waals surface area contributed by atoms with Crippen molar-refractivity contribution in [3.05, 3.63) is 36.0 Å². The molecule has 0 atom stereocenters. The van der Waals surface area contributed by atoms with E-state index in [0.717, 1.165) is 35.7 Å². The summed E-state index contributed by atoms with van der Waals surface area (Å²) in [7, 11) is -1.26. The van der Waals surface area contributed by atoms with Crippen molar-refractivity contribution in [3.8, 4) is 0 Å². The molecule has 1 fully saturated rings. The van der Waals surface area contributed by atoms with Gasteiger partial charge in [-0.15, -0.1) is 0 Å². The van der Waals surface area contributed by atoms with Gasteiger partial charge in [0.15, 0.2) is 0 Å². The van der Waals surface area contributed by atoms with Gasteiger partial charge in [0.2, 0.25) is 15.9 Å². The summed E-state index contributed by atoms with van der Waals surface area (Å²) in [6, 6.07) is 8.12. The Morgan fingerprint density at radius 1 is 1.15 bits per heavy atom. The Morgan fingerprint density at radius 3 is 2.65 bits per heavy atom. The fraction of sp³-hybridized carbons (Fsp3) is 0.526. The van der Waals surface area contributed by atoms with Gasteiger partial charge in [-0.1, -0.05) is 24.6 Å². The predicted molar refractivity (Wildman–Crippen MR) is 103 cm³/mol. The van der Waals surface area contributed by atoms with E-state index in [4.69, 9.17) is 0 Å². The molecule has 0 aliphatic carbocycles. The summed E-state index contributed by atoms with van der Waals surface area (Å²) in [6.07, 6.45) is 6.01. The van der Waals surface area contributed by atoms with E-state index in [1.807, 2.05) is 19.2 Å². The van der Waals surface area contributed by atoms with E-state index in [0.29, 0.717) is 25.9 Å². The summed E-state index contributed by atoms with van der Waals surface area (Å²) in [5, 5.41) is 3.91. The number of nitrogens with one attached hydrogen (secondary N) is 1. The second-order valence-corrected chi connectivity index (χ2v) is 9.00. The van der Waals surface area contributed by atoms with E-state index in [9.17, 15) is 13.2 Å². The quantitative estimate of drug-likeness (QED) is 0.803. The lowest BCUT2D eigenvalue weighted by molar-refractivity contribution is -0.120. The standard InChI is InChI=1S/C19H27N3O3S/c1-21-15-16(17-7-3-4-8-18(17)21)9-10-19(23)20-11-14-26(24,25)22-12-5-2-6-13-22/h3-4,7-8,15H,2,5-6,9-14H2,1H3,(H,20,23). The molecule has 1 amide bonds. The van der Waals surface area contributed by atoms with Crippen LogP contribution in [-0.2, 0) is 28.3 Å². The Hall–Kier alpha value is -1.86. The predicted octanol–water partition coefficient (Wildman–Crippen LogP) is 2.04. The fourth-order valence-corrected chi connectivity index (χ4v) is 4.99. The molecule has 0 radical (unpaired) electrons. The van der Waals surface area contributed by atoms with Crippen molar-refractivity contribution in [2.24, 2.45) is 7.05 Å². The van der Waals surface area contributed by atoms with Crippen LogP contribution in [-0.4, -0.2) is 48.6 Å². The highest BCUT2D eigenvalue weighted by atomic mass is 32.2. The molecule has 1 aromatic carbocycles. The maximum atomic E-state index is 12.3. The SMILES string of the molecule is Cn1cc(CCC(=O)NCCS(=O)(=O)N2CCCCC2)c2ccccc21. The maximum Gasteiger partial charge on any atom is 0.220 e. The van der Waals surface area contributed by atoms with E-state index in [2.05, 4.69) is 28.2 Å². The molecule has 3 rings (SSSR count). The first-order valence-electron chi connectivity index (χ1n) is 9.25. The second-order valence-electron chi connectivity index (χ2n) is 6.91. The first kappa shape index (κ1) is 18.9. The molecule has 0 bridgehead atoms. The summed E-state index contributed by atoms with van der Waals surface area (Å²) >= 11 is 0. The molecule has 0 saturated carbocycles. The van der Waals surface area contributed by atoms with Gasteiger partial charge in [-0.2, -0.15) is 0 Å². The van der Waals surface area contributed by atoms with Gasteiger partial charge in [-0.05, 0) is 30.9 Å². The van der Waals surface area contributed by atoms with Gasteiger partial charge >= 0.3 is 0 Å². The third-order valence-corrected chi connectivity index (χ3v) is 6.86. The first-order chi connectivity index (χ1) is 12.5. The minimum Gasteiger partial charge on any atom is -0.355 e. The molecular weight excluding hydrogens is 350 g/mol. The summed E-state index contributed by atoms with van der Waals surface area (Å²) in [5.41, 5.74) is 2.29. The number of sulfonamides is 1. The highest BCUT2D eigenvalue weighted by Crippen LogP contribution is 2.21. The van der Waals surface area contributed by atoms with Gasteiger partial charge in [0.25, 0.3) is 0 Å². The lowest BCUT2D eigenvalue weighted by Crippen LogP contribution is -2.40. The minimum atomic E-state index is -3.26. The van der Waals surface area contributed by atoms with Gasteiger partial charge in [0, 0.05) is 50.2 Å². The van der Waals surface area contributed by atoms with Crippen molar-refractivity contribution in [2.75, 3.05) is 25.4 Å². The molecule has 7 heteroatoms. The van der Waals surface area contributed by atoms with Crippen molar-refractivity contribution in [2.45, 2.75) is 32.1 Å². The Bertz CT molecular complexity index is 867. The van der Waals surface area contributed by atoms with Crippen LogP contribution in [0.15, 0.2) is 30.5 Å². The number of fused-ring (bicyclic) bond motifs is 1. The summed E-state index contributed by atoms with van der Waals surface area (Å²) < 4.78 is 28.2. The number of aromatic nitrogens is 1. The van der Waals surface area contributed by atoms with Crippen molar-refractivity contribution < 1.29 is 13.2 Å². The number of aryl methyl sites for hydroxylation is 2. The monoisotopic (exact) mass is 377 g/mol. The second kappa shape index (κ2) is 8.22. The number of hydrogen-bond acceptors (Lipinski definition) is 3. The molecule has 142 valence electrons. The lowest BCUT2D eigenvalue weighted by atomic mass is 10.1. The van der Waals surface area contributed by atoms with Crippen LogP contribution in [0.3, 0.4) is 0 Å². The lowest BCUT2D eigenvalue weighted by Gasteiger charge is -2.25. The zero-order valence-corrected chi connectivity index (χ0v) is 16.1. The molecule has 26 heavy (non-hydrogen) atoms. The molecule has 1 saturated heterocycles. The van der Waals surface area contributed by atoms with Gasteiger partial charge in [0.1, 0.15) is 0 Å². The van der Waals surface area contributed by atoms with Gasteiger partial charge in [-0.25, -0.2) is 12.7 Å². The molecule has 2 aromatic rings. The van der Waals surface area contributed by atoms with E-state index in [-0.39, 0.29) is 18.2 Å². The minimum absolute atomic E-state index is 0.0208. The van der Waals surface area contributed by atoms with Crippen molar-refractivity contribution in [1.29, 1.82) is 0 Å². The molecule has 1 aromatic heterocycles. The summed E-state index contributed by atoms with van der Waals surface area (Å²) in [6.45, 7) is 1.39. The first-order valence-corrected chi connectivity index (χ1v) is 10.9. The van der Waals surface area contributed by atoms with Crippen LogP contribution in [0.25, 0.3) is 10.9 Å². The number of amides is 1. The van der Waals surface area contributed by atoms with Crippen LogP contribution in [0.2, 0.25) is 0 Å². The van der Waals surface area contributed by atoms with Gasteiger partial charge < -0.3 is 9.88 Å².